The Labute approximate surface area is 95.8 Å². The van der Waals surface area contributed by atoms with Crippen LogP contribution in [0.2, 0.25) is 0 Å². The van der Waals surface area contributed by atoms with Crippen molar-refractivity contribution in [3.63, 3.8) is 0 Å². The lowest BCUT2D eigenvalue weighted by molar-refractivity contribution is -0.146. The average molecular weight is 219 g/mol. The lowest BCUT2D eigenvalue weighted by Crippen LogP contribution is -2.40. The van der Waals surface area contributed by atoms with Crippen molar-refractivity contribution in [2.75, 3.05) is 20.2 Å². The molecule has 2 rings (SSSR count). The summed E-state index contributed by atoms with van der Waals surface area (Å²) in [6.45, 7) is 1.68. The summed E-state index contributed by atoms with van der Waals surface area (Å²) < 4.78 is 4.86. The minimum Gasteiger partial charge on any atom is -0.469 e. The zero-order valence-electron chi connectivity index (χ0n) is 9.48. The highest BCUT2D eigenvalue weighted by Crippen LogP contribution is 2.30. The van der Waals surface area contributed by atoms with Gasteiger partial charge in [0.15, 0.2) is 0 Å². The molecule has 1 heterocycles. The highest BCUT2D eigenvalue weighted by Gasteiger charge is 2.32. The highest BCUT2D eigenvalue weighted by atomic mass is 16.5. The molecule has 3 heteroatoms. The van der Waals surface area contributed by atoms with Crippen LogP contribution in [0.25, 0.3) is 0 Å². The minimum atomic E-state index is -0.110. The molecule has 0 radical (unpaired) electrons. The van der Waals surface area contributed by atoms with Gasteiger partial charge in [0, 0.05) is 6.54 Å². The van der Waals surface area contributed by atoms with E-state index in [1.165, 1.54) is 12.7 Å². The van der Waals surface area contributed by atoms with Gasteiger partial charge >= 0.3 is 5.97 Å². The van der Waals surface area contributed by atoms with Crippen molar-refractivity contribution >= 4 is 5.97 Å². The number of benzene rings is 1. The monoisotopic (exact) mass is 219 g/mol. The van der Waals surface area contributed by atoms with Crippen LogP contribution in [0.1, 0.15) is 17.9 Å². The normalized spacial score (nSPS) is 25.1. The maximum Gasteiger partial charge on any atom is 0.310 e. The molecule has 0 spiro atoms. The maximum atomic E-state index is 11.7. The smallest absolute Gasteiger partial charge is 0.310 e. The minimum absolute atomic E-state index is 0.0545. The van der Waals surface area contributed by atoms with Gasteiger partial charge in [0.05, 0.1) is 13.0 Å². The third-order valence-electron chi connectivity index (χ3n) is 3.21. The number of piperidine rings is 1. The van der Waals surface area contributed by atoms with E-state index in [9.17, 15) is 4.79 Å². The summed E-state index contributed by atoms with van der Waals surface area (Å²) in [6, 6.07) is 10.2. The lowest BCUT2D eigenvalue weighted by Gasteiger charge is -2.30. The predicted octanol–water partition coefficient (Wildman–Crippen LogP) is 1.55. The molecular formula is C13H17NO2. The van der Waals surface area contributed by atoms with Crippen LogP contribution in [-0.2, 0) is 9.53 Å². The molecule has 86 valence electrons. The van der Waals surface area contributed by atoms with Crippen molar-refractivity contribution in [1.82, 2.24) is 5.32 Å². The van der Waals surface area contributed by atoms with Gasteiger partial charge in [-0.2, -0.15) is 0 Å². The van der Waals surface area contributed by atoms with Crippen molar-refractivity contribution in [3.05, 3.63) is 35.9 Å². The van der Waals surface area contributed by atoms with E-state index in [0.717, 1.165) is 13.0 Å². The molecule has 2 unspecified atom stereocenters. The van der Waals surface area contributed by atoms with Gasteiger partial charge < -0.3 is 10.1 Å². The Hall–Kier alpha value is -1.35. The number of carbonyl (C=O) groups excluding carboxylic acids is 1. The Morgan fingerprint density at radius 1 is 1.38 bits per heavy atom. The van der Waals surface area contributed by atoms with E-state index in [1.54, 1.807) is 0 Å². The highest BCUT2D eigenvalue weighted by molar-refractivity contribution is 5.74. The molecule has 0 amide bonds. The van der Waals surface area contributed by atoms with Crippen LogP contribution in [0.5, 0.6) is 0 Å². The Morgan fingerprint density at radius 3 is 2.81 bits per heavy atom. The first-order valence-electron chi connectivity index (χ1n) is 5.66. The van der Waals surface area contributed by atoms with E-state index in [-0.39, 0.29) is 17.8 Å². The summed E-state index contributed by atoms with van der Waals surface area (Å²) in [5.41, 5.74) is 1.24. The first kappa shape index (κ1) is 11.1. The lowest BCUT2D eigenvalue weighted by atomic mass is 9.81. The van der Waals surface area contributed by atoms with Gasteiger partial charge in [0.1, 0.15) is 0 Å². The van der Waals surface area contributed by atoms with Gasteiger partial charge in [0.2, 0.25) is 0 Å². The van der Waals surface area contributed by atoms with Gasteiger partial charge in [-0.3, -0.25) is 4.79 Å². The summed E-state index contributed by atoms with van der Waals surface area (Å²) in [5, 5.41) is 3.25. The molecule has 2 atom stereocenters. The Kier molecular flexibility index (Phi) is 3.57. The molecule has 1 aromatic carbocycles. The quantitative estimate of drug-likeness (QED) is 0.767. The fourth-order valence-corrected chi connectivity index (χ4v) is 2.36. The largest absolute Gasteiger partial charge is 0.469 e. The zero-order valence-corrected chi connectivity index (χ0v) is 9.48. The molecule has 0 aromatic heterocycles. The molecule has 16 heavy (non-hydrogen) atoms. The van der Waals surface area contributed by atoms with Gasteiger partial charge in [0.25, 0.3) is 0 Å². The molecule has 1 aromatic rings. The first-order chi connectivity index (χ1) is 7.83. The summed E-state index contributed by atoms with van der Waals surface area (Å²) in [4.78, 5) is 11.7. The van der Waals surface area contributed by atoms with Crippen LogP contribution in [0.15, 0.2) is 30.3 Å². The molecule has 1 aliphatic rings. The molecule has 0 bridgehead atoms. The van der Waals surface area contributed by atoms with Crippen LogP contribution >= 0.6 is 0 Å². The first-order valence-corrected chi connectivity index (χ1v) is 5.66. The van der Waals surface area contributed by atoms with Crippen LogP contribution in [-0.4, -0.2) is 26.2 Å². The van der Waals surface area contributed by atoms with E-state index in [4.69, 9.17) is 4.74 Å². The van der Waals surface area contributed by atoms with Crippen LogP contribution in [0, 0.1) is 5.92 Å². The topological polar surface area (TPSA) is 38.3 Å². The second-order valence-corrected chi connectivity index (χ2v) is 4.14. The Balaban J connectivity index is 2.20. The number of nitrogens with one attached hydrogen (secondary N) is 1. The van der Waals surface area contributed by atoms with Crippen LogP contribution in [0.3, 0.4) is 0 Å². The number of esters is 1. The molecule has 1 aliphatic heterocycles. The maximum absolute atomic E-state index is 11.7. The summed E-state index contributed by atoms with van der Waals surface area (Å²) in [6.07, 6.45) is 0.990. The van der Waals surface area contributed by atoms with E-state index < -0.39 is 0 Å². The Morgan fingerprint density at radius 2 is 2.12 bits per heavy atom. The van der Waals surface area contributed by atoms with Crippen molar-refractivity contribution < 1.29 is 9.53 Å². The van der Waals surface area contributed by atoms with Crippen molar-refractivity contribution in [3.8, 4) is 0 Å². The van der Waals surface area contributed by atoms with E-state index in [0.29, 0.717) is 6.54 Å². The number of hydrogen-bond acceptors (Lipinski definition) is 3. The Bertz CT molecular complexity index is 350. The van der Waals surface area contributed by atoms with Gasteiger partial charge in [-0.25, -0.2) is 0 Å². The van der Waals surface area contributed by atoms with E-state index >= 15 is 0 Å². The molecule has 1 saturated heterocycles. The third-order valence-corrected chi connectivity index (χ3v) is 3.21. The second-order valence-electron chi connectivity index (χ2n) is 4.14. The number of carbonyl (C=O) groups is 1. The summed E-state index contributed by atoms with van der Waals surface area (Å²) in [7, 11) is 1.46. The predicted molar refractivity (Wildman–Crippen MR) is 62.2 cm³/mol. The standard InChI is InChI=1S/C13H17NO2/c1-16-13(15)12-9-14-8-7-11(12)10-5-3-2-4-6-10/h2-6,11-12,14H,7-9H2,1H3. The van der Waals surface area contributed by atoms with Crippen molar-refractivity contribution in [2.24, 2.45) is 5.92 Å². The number of hydrogen-bond donors (Lipinski definition) is 1. The molecule has 1 N–H and O–H groups in total. The zero-order chi connectivity index (χ0) is 11.4. The fourth-order valence-electron chi connectivity index (χ4n) is 2.36. The third kappa shape index (κ3) is 2.25. The van der Waals surface area contributed by atoms with Gasteiger partial charge in [-0.15, -0.1) is 0 Å². The molecular weight excluding hydrogens is 202 g/mol. The average Bonchev–Trinajstić information content (AvgIpc) is 2.39. The molecule has 0 saturated carbocycles. The fraction of sp³-hybridized carbons (Fsp3) is 0.462. The van der Waals surface area contributed by atoms with Crippen LogP contribution in [0.4, 0.5) is 0 Å². The molecule has 0 aliphatic carbocycles. The second kappa shape index (κ2) is 5.12. The molecule has 1 fully saturated rings. The van der Waals surface area contributed by atoms with E-state index in [1.807, 2.05) is 18.2 Å². The summed E-state index contributed by atoms with van der Waals surface area (Å²) in [5.74, 6) is 0.122. The van der Waals surface area contributed by atoms with Crippen molar-refractivity contribution in [2.45, 2.75) is 12.3 Å². The number of ether oxygens (including phenoxy) is 1. The van der Waals surface area contributed by atoms with E-state index in [2.05, 4.69) is 17.4 Å². The summed E-state index contributed by atoms with van der Waals surface area (Å²) >= 11 is 0. The van der Waals surface area contributed by atoms with Gasteiger partial charge in [-0.05, 0) is 24.4 Å². The number of rotatable bonds is 2. The van der Waals surface area contributed by atoms with Gasteiger partial charge in [-0.1, -0.05) is 30.3 Å². The number of methoxy groups -OCH3 is 1. The van der Waals surface area contributed by atoms with Crippen molar-refractivity contribution in [1.29, 1.82) is 0 Å². The van der Waals surface area contributed by atoms with Crippen LogP contribution < -0.4 is 5.32 Å². The molecule has 3 nitrogen and oxygen atoms in total. The SMILES string of the molecule is COC(=O)C1CNCCC1c1ccccc1.